The first-order chi connectivity index (χ1) is 13.4. The van der Waals surface area contributed by atoms with E-state index in [0.717, 1.165) is 33.4 Å². The Labute approximate surface area is 164 Å². The third-order valence-corrected chi connectivity index (χ3v) is 5.04. The number of aryl methyl sites for hydroxylation is 3. The number of rotatable bonds is 3. The molecule has 0 N–H and O–H groups in total. The van der Waals surface area contributed by atoms with E-state index in [9.17, 15) is 4.79 Å². The van der Waals surface area contributed by atoms with Crippen molar-refractivity contribution in [3.05, 3.63) is 77.6 Å². The van der Waals surface area contributed by atoms with Crippen molar-refractivity contribution in [1.82, 2.24) is 14.8 Å². The van der Waals surface area contributed by atoms with Gasteiger partial charge in [-0.05, 0) is 55.8 Å². The normalized spacial score (nSPS) is 11.0. The number of pyridine rings is 1. The molecule has 4 rings (SSSR count). The zero-order valence-electron chi connectivity index (χ0n) is 16.5. The molecule has 2 aromatic carbocycles. The number of carbonyl (C=O) groups excluding carboxylic acids is 1. The van der Waals surface area contributed by atoms with Gasteiger partial charge in [0, 0.05) is 36.9 Å². The maximum absolute atomic E-state index is 12.8. The molecule has 0 unspecified atom stereocenters. The van der Waals surface area contributed by atoms with E-state index in [1.807, 2.05) is 25.1 Å². The standard InChI is InChI=1S/C23H22N4O/c1-15-5-8-19-17(13-15)6-9-20(25-19)18-7-10-21(16(2)14-18)26(3)23(28)22-11-12-24-27(22)4/h5-14H,1-4H3. The molecule has 0 saturated heterocycles. The maximum atomic E-state index is 12.8. The molecule has 2 heterocycles. The van der Waals surface area contributed by atoms with Crippen LogP contribution in [0.15, 0.2) is 60.8 Å². The van der Waals surface area contributed by atoms with Crippen molar-refractivity contribution in [3.8, 4) is 11.3 Å². The lowest BCUT2D eigenvalue weighted by atomic mass is 10.0. The summed E-state index contributed by atoms with van der Waals surface area (Å²) in [5.74, 6) is -0.0879. The number of hydrogen-bond donors (Lipinski definition) is 0. The Morgan fingerprint density at radius 3 is 2.54 bits per heavy atom. The highest BCUT2D eigenvalue weighted by atomic mass is 16.2. The van der Waals surface area contributed by atoms with Crippen LogP contribution in [-0.2, 0) is 7.05 Å². The van der Waals surface area contributed by atoms with E-state index >= 15 is 0 Å². The van der Waals surface area contributed by atoms with E-state index < -0.39 is 0 Å². The van der Waals surface area contributed by atoms with E-state index in [4.69, 9.17) is 4.98 Å². The Morgan fingerprint density at radius 1 is 1.00 bits per heavy atom. The van der Waals surface area contributed by atoms with E-state index in [-0.39, 0.29) is 5.91 Å². The number of hydrogen-bond acceptors (Lipinski definition) is 3. The van der Waals surface area contributed by atoms with Crippen LogP contribution >= 0.6 is 0 Å². The molecule has 140 valence electrons. The monoisotopic (exact) mass is 370 g/mol. The summed E-state index contributed by atoms with van der Waals surface area (Å²) in [4.78, 5) is 19.2. The Kier molecular flexibility index (Phi) is 4.43. The first-order valence-corrected chi connectivity index (χ1v) is 9.18. The second-order valence-corrected chi connectivity index (χ2v) is 7.10. The highest BCUT2D eigenvalue weighted by Gasteiger charge is 2.18. The Morgan fingerprint density at radius 2 is 1.82 bits per heavy atom. The number of aromatic nitrogens is 3. The molecule has 0 fully saturated rings. The van der Waals surface area contributed by atoms with Crippen molar-refractivity contribution in [3.63, 3.8) is 0 Å². The van der Waals surface area contributed by atoms with Gasteiger partial charge in [-0.1, -0.05) is 23.8 Å². The summed E-state index contributed by atoms with van der Waals surface area (Å²) in [7, 11) is 3.55. The Balaban J connectivity index is 1.67. The first kappa shape index (κ1) is 17.9. The van der Waals surface area contributed by atoms with Crippen LogP contribution in [0.5, 0.6) is 0 Å². The molecule has 1 amide bonds. The topological polar surface area (TPSA) is 51.0 Å². The molecule has 0 saturated carbocycles. The minimum absolute atomic E-state index is 0.0879. The fourth-order valence-electron chi connectivity index (χ4n) is 3.46. The van der Waals surface area contributed by atoms with Crippen molar-refractivity contribution >= 4 is 22.5 Å². The average Bonchev–Trinajstić information content (AvgIpc) is 3.12. The predicted molar refractivity (Wildman–Crippen MR) is 113 cm³/mol. The summed E-state index contributed by atoms with van der Waals surface area (Å²) in [6.45, 7) is 4.09. The molecule has 28 heavy (non-hydrogen) atoms. The number of nitrogens with zero attached hydrogens (tertiary/aromatic N) is 4. The number of fused-ring (bicyclic) bond motifs is 1. The van der Waals surface area contributed by atoms with E-state index in [1.165, 1.54) is 5.56 Å². The fraction of sp³-hybridized carbons (Fsp3) is 0.174. The zero-order chi connectivity index (χ0) is 19.8. The molecular formula is C23H22N4O. The van der Waals surface area contributed by atoms with E-state index in [1.54, 1.807) is 35.9 Å². The molecule has 0 radical (unpaired) electrons. The summed E-state index contributed by atoms with van der Waals surface area (Å²) in [5.41, 5.74) is 6.60. The van der Waals surface area contributed by atoms with Gasteiger partial charge < -0.3 is 4.90 Å². The second-order valence-electron chi connectivity index (χ2n) is 7.10. The smallest absolute Gasteiger partial charge is 0.276 e. The maximum Gasteiger partial charge on any atom is 0.276 e. The van der Waals surface area contributed by atoms with Crippen LogP contribution in [0.4, 0.5) is 5.69 Å². The van der Waals surface area contributed by atoms with Crippen LogP contribution in [0.2, 0.25) is 0 Å². The average molecular weight is 370 g/mol. The molecule has 0 bridgehead atoms. The molecule has 0 atom stereocenters. The van der Waals surface area contributed by atoms with Gasteiger partial charge in [0.2, 0.25) is 0 Å². The third-order valence-electron chi connectivity index (χ3n) is 5.04. The predicted octanol–water partition coefficient (Wildman–Crippen LogP) is 4.53. The number of anilines is 1. The van der Waals surface area contributed by atoms with Crippen LogP contribution in [0.3, 0.4) is 0 Å². The number of carbonyl (C=O) groups is 1. The number of amides is 1. The summed E-state index contributed by atoms with van der Waals surface area (Å²) < 4.78 is 1.59. The van der Waals surface area contributed by atoms with Gasteiger partial charge in [-0.25, -0.2) is 4.98 Å². The molecule has 5 heteroatoms. The fourth-order valence-corrected chi connectivity index (χ4v) is 3.46. The zero-order valence-corrected chi connectivity index (χ0v) is 16.5. The largest absolute Gasteiger partial charge is 0.310 e. The molecule has 0 spiro atoms. The Hall–Kier alpha value is -3.47. The van der Waals surface area contributed by atoms with Crippen molar-refractivity contribution in [2.75, 3.05) is 11.9 Å². The van der Waals surface area contributed by atoms with Crippen LogP contribution in [0.1, 0.15) is 21.6 Å². The number of benzene rings is 2. The van der Waals surface area contributed by atoms with Gasteiger partial charge in [0.05, 0.1) is 11.2 Å². The third kappa shape index (κ3) is 3.16. The molecular weight excluding hydrogens is 348 g/mol. The van der Waals surface area contributed by atoms with Gasteiger partial charge in [-0.2, -0.15) is 5.10 Å². The summed E-state index contributed by atoms with van der Waals surface area (Å²) in [5, 5.41) is 5.22. The minimum Gasteiger partial charge on any atom is -0.310 e. The van der Waals surface area contributed by atoms with E-state index in [0.29, 0.717) is 5.69 Å². The van der Waals surface area contributed by atoms with Gasteiger partial charge in [-0.15, -0.1) is 0 Å². The highest BCUT2D eigenvalue weighted by molar-refractivity contribution is 6.05. The van der Waals surface area contributed by atoms with Gasteiger partial charge in [0.25, 0.3) is 5.91 Å². The molecule has 0 aliphatic carbocycles. The van der Waals surface area contributed by atoms with Crippen LogP contribution in [-0.4, -0.2) is 27.7 Å². The summed E-state index contributed by atoms with van der Waals surface area (Å²) in [6.07, 6.45) is 1.63. The lowest BCUT2D eigenvalue weighted by Gasteiger charge is -2.20. The minimum atomic E-state index is -0.0879. The van der Waals surface area contributed by atoms with Gasteiger partial charge >= 0.3 is 0 Å². The SMILES string of the molecule is Cc1ccc2nc(-c3ccc(N(C)C(=O)c4ccnn4C)c(C)c3)ccc2c1. The molecule has 4 aromatic rings. The van der Waals surface area contributed by atoms with Gasteiger partial charge in [0.1, 0.15) is 5.69 Å². The quantitative estimate of drug-likeness (QED) is 0.532. The van der Waals surface area contributed by atoms with Crippen molar-refractivity contribution < 1.29 is 4.79 Å². The Bertz CT molecular complexity index is 1190. The highest BCUT2D eigenvalue weighted by Crippen LogP contribution is 2.28. The van der Waals surface area contributed by atoms with Gasteiger partial charge in [-0.3, -0.25) is 9.48 Å². The first-order valence-electron chi connectivity index (χ1n) is 9.18. The second kappa shape index (κ2) is 6.93. The molecule has 0 aliphatic rings. The molecule has 2 aromatic heterocycles. The molecule has 5 nitrogen and oxygen atoms in total. The van der Waals surface area contributed by atoms with Crippen LogP contribution in [0.25, 0.3) is 22.2 Å². The summed E-state index contributed by atoms with van der Waals surface area (Å²) >= 11 is 0. The summed E-state index contributed by atoms with van der Waals surface area (Å²) in [6, 6.07) is 18.2. The van der Waals surface area contributed by atoms with Crippen molar-refractivity contribution in [2.45, 2.75) is 13.8 Å². The van der Waals surface area contributed by atoms with Crippen LogP contribution in [0, 0.1) is 13.8 Å². The lowest BCUT2D eigenvalue weighted by Crippen LogP contribution is -2.28. The van der Waals surface area contributed by atoms with Gasteiger partial charge in [0.15, 0.2) is 0 Å². The van der Waals surface area contributed by atoms with E-state index in [2.05, 4.69) is 42.4 Å². The molecule has 0 aliphatic heterocycles. The lowest BCUT2D eigenvalue weighted by molar-refractivity contribution is 0.0984. The van der Waals surface area contributed by atoms with Crippen LogP contribution < -0.4 is 4.90 Å². The van der Waals surface area contributed by atoms with Crippen molar-refractivity contribution in [2.24, 2.45) is 7.05 Å². The van der Waals surface area contributed by atoms with Crippen molar-refractivity contribution in [1.29, 1.82) is 0 Å².